The van der Waals surface area contributed by atoms with Crippen molar-refractivity contribution in [2.24, 2.45) is 0 Å². The molecule has 1 saturated heterocycles. The smallest absolute Gasteiger partial charge is 0.256 e. The summed E-state index contributed by atoms with van der Waals surface area (Å²) in [4.78, 5) is 29.7. The van der Waals surface area contributed by atoms with Crippen LogP contribution in [0, 0.1) is 5.82 Å². The Bertz CT molecular complexity index is 1250. The fraction of sp³-hybridized carbons (Fsp3) is 0.250. The lowest BCUT2D eigenvalue weighted by atomic mass is 10.1. The van der Waals surface area contributed by atoms with Crippen molar-refractivity contribution in [2.75, 3.05) is 23.9 Å². The maximum absolute atomic E-state index is 13.6. The quantitative estimate of drug-likeness (QED) is 0.372. The van der Waals surface area contributed by atoms with E-state index in [1.807, 2.05) is 6.92 Å². The van der Waals surface area contributed by atoms with Gasteiger partial charge in [-0.25, -0.2) is 4.39 Å². The number of ether oxygens (including phenoxy) is 2. The maximum Gasteiger partial charge on any atom is 0.256 e. The van der Waals surface area contributed by atoms with E-state index in [0.717, 1.165) is 17.7 Å². The van der Waals surface area contributed by atoms with Crippen LogP contribution in [0.2, 0.25) is 0 Å². The average molecular weight is 522 g/mol. The molecule has 7 nitrogen and oxygen atoms in total. The number of anilines is 2. The van der Waals surface area contributed by atoms with Gasteiger partial charge in [0.25, 0.3) is 5.91 Å². The number of benzene rings is 3. The molecule has 3 aromatic rings. The van der Waals surface area contributed by atoms with Crippen molar-refractivity contribution in [3.05, 3.63) is 84.2 Å². The number of thiocarbonyl (C=S) groups is 1. The monoisotopic (exact) mass is 521 g/mol. The van der Waals surface area contributed by atoms with E-state index in [-0.39, 0.29) is 35.7 Å². The first kappa shape index (κ1) is 26.1. The van der Waals surface area contributed by atoms with Gasteiger partial charge < -0.3 is 19.7 Å². The zero-order valence-electron chi connectivity index (χ0n) is 20.6. The Morgan fingerprint density at radius 2 is 1.65 bits per heavy atom. The van der Waals surface area contributed by atoms with Crippen molar-refractivity contribution in [3.8, 4) is 11.5 Å². The van der Waals surface area contributed by atoms with E-state index < -0.39 is 6.04 Å². The summed E-state index contributed by atoms with van der Waals surface area (Å²) in [6.07, 6.45) is 0.790. The Morgan fingerprint density at radius 1 is 1.00 bits per heavy atom. The molecule has 1 aliphatic heterocycles. The van der Waals surface area contributed by atoms with E-state index in [1.165, 1.54) is 17.0 Å². The van der Waals surface area contributed by atoms with Crippen LogP contribution >= 0.6 is 12.2 Å². The zero-order chi connectivity index (χ0) is 26.4. The highest BCUT2D eigenvalue weighted by Gasteiger charge is 2.44. The number of halogens is 1. The van der Waals surface area contributed by atoms with Crippen LogP contribution in [0.15, 0.2) is 72.8 Å². The molecule has 1 N–H and O–H groups in total. The molecule has 4 rings (SSSR count). The maximum atomic E-state index is 13.6. The summed E-state index contributed by atoms with van der Waals surface area (Å²) in [5.41, 5.74) is 1.94. The molecule has 0 bridgehead atoms. The number of amides is 2. The van der Waals surface area contributed by atoms with Crippen LogP contribution in [0.5, 0.6) is 11.5 Å². The highest BCUT2D eigenvalue weighted by molar-refractivity contribution is 7.80. The highest BCUT2D eigenvalue weighted by atomic mass is 32.1. The minimum Gasteiger partial charge on any atom is -0.497 e. The van der Waals surface area contributed by atoms with Gasteiger partial charge in [-0.1, -0.05) is 19.1 Å². The van der Waals surface area contributed by atoms with Crippen molar-refractivity contribution in [1.29, 1.82) is 0 Å². The first-order valence-corrected chi connectivity index (χ1v) is 12.4. The molecule has 1 heterocycles. The number of rotatable bonds is 10. The van der Waals surface area contributed by atoms with Gasteiger partial charge in [-0.15, -0.1) is 0 Å². The summed E-state index contributed by atoms with van der Waals surface area (Å²) >= 11 is 5.70. The third-order valence-corrected chi connectivity index (χ3v) is 6.32. The lowest BCUT2D eigenvalue weighted by Gasteiger charge is -2.24. The van der Waals surface area contributed by atoms with Gasteiger partial charge >= 0.3 is 0 Å². The van der Waals surface area contributed by atoms with E-state index in [9.17, 15) is 14.0 Å². The molecule has 0 radical (unpaired) electrons. The third-order valence-electron chi connectivity index (χ3n) is 5.91. The molecule has 1 aliphatic rings. The summed E-state index contributed by atoms with van der Waals surface area (Å²) in [7, 11) is 1.56. The molecule has 192 valence electrons. The van der Waals surface area contributed by atoms with Crippen molar-refractivity contribution in [1.82, 2.24) is 4.90 Å². The minimum absolute atomic E-state index is 0.110. The second-order valence-electron chi connectivity index (χ2n) is 8.55. The number of nitrogens with one attached hydrogen (secondary N) is 1. The third kappa shape index (κ3) is 6.24. The summed E-state index contributed by atoms with van der Waals surface area (Å²) in [6, 6.07) is 19.2. The number of hydrogen-bond donors (Lipinski definition) is 1. The van der Waals surface area contributed by atoms with Gasteiger partial charge in [0.2, 0.25) is 5.91 Å². The van der Waals surface area contributed by atoms with Gasteiger partial charge in [-0.3, -0.25) is 14.5 Å². The number of nitrogens with zero attached hydrogens (tertiary/aromatic N) is 2. The number of carbonyl (C=O) groups excluding carboxylic acids is 2. The Balaban J connectivity index is 1.53. The summed E-state index contributed by atoms with van der Waals surface area (Å²) < 4.78 is 24.2. The fourth-order valence-corrected chi connectivity index (χ4v) is 4.40. The topological polar surface area (TPSA) is 71.1 Å². The lowest BCUT2D eigenvalue weighted by Crippen LogP contribution is -2.37. The van der Waals surface area contributed by atoms with E-state index >= 15 is 0 Å². The van der Waals surface area contributed by atoms with E-state index in [2.05, 4.69) is 5.32 Å². The molecule has 1 atom stereocenters. The molecule has 1 unspecified atom stereocenters. The normalized spacial score (nSPS) is 15.2. The van der Waals surface area contributed by atoms with Crippen molar-refractivity contribution in [2.45, 2.75) is 32.4 Å². The first-order chi connectivity index (χ1) is 17.9. The van der Waals surface area contributed by atoms with Crippen molar-refractivity contribution in [3.63, 3.8) is 0 Å². The number of methoxy groups -OCH3 is 1. The van der Waals surface area contributed by atoms with Crippen LogP contribution < -0.4 is 19.7 Å². The molecular formula is C28H28FN3O4S. The first-order valence-electron chi connectivity index (χ1n) is 12.0. The van der Waals surface area contributed by atoms with Crippen LogP contribution in [0.1, 0.15) is 25.3 Å². The summed E-state index contributed by atoms with van der Waals surface area (Å²) in [5, 5.41) is 3.12. The molecule has 2 amide bonds. The fourth-order valence-electron chi connectivity index (χ4n) is 4.01. The van der Waals surface area contributed by atoms with Gasteiger partial charge in [-0.2, -0.15) is 0 Å². The number of hydrogen-bond acceptors (Lipinski definition) is 5. The molecule has 1 fully saturated rings. The van der Waals surface area contributed by atoms with Crippen LogP contribution in [-0.2, 0) is 16.1 Å². The van der Waals surface area contributed by atoms with E-state index in [4.69, 9.17) is 21.7 Å². The lowest BCUT2D eigenvalue weighted by molar-refractivity contribution is -0.124. The zero-order valence-corrected chi connectivity index (χ0v) is 21.5. The minimum atomic E-state index is -0.827. The predicted molar refractivity (Wildman–Crippen MR) is 144 cm³/mol. The summed E-state index contributed by atoms with van der Waals surface area (Å²) in [5.74, 6) is 0.369. The van der Waals surface area contributed by atoms with Crippen molar-refractivity contribution < 1.29 is 23.5 Å². The van der Waals surface area contributed by atoms with Gasteiger partial charge in [0.1, 0.15) is 23.4 Å². The Labute approximate surface area is 220 Å². The van der Waals surface area contributed by atoms with Crippen LogP contribution in [0.3, 0.4) is 0 Å². The van der Waals surface area contributed by atoms with Crippen LogP contribution in [-0.4, -0.2) is 41.6 Å². The number of carbonyl (C=O) groups is 2. The second-order valence-corrected chi connectivity index (χ2v) is 8.91. The summed E-state index contributed by atoms with van der Waals surface area (Å²) in [6.45, 7) is 2.89. The van der Waals surface area contributed by atoms with Gasteiger partial charge in [0.15, 0.2) is 5.11 Å². The van der Waals surface area contributed by atoms with Crippen LogP contribution in [0.25, 0.3) is 0 Å². The van der Waals surface area contributed by atoms with E-state index in [0.29, 0.717) is 23.7 Å². The SMILES string of the molecule is CCCOc1ccc(NC(=O)CC2C(=O)N(c3ccc(OC)cc3)C(=S)N2Cc2ccc(F)cc2)cc1. The Hall–Kier alpha value is -3.98. The molecule has 0 saturated carbocycles. The molecule has 0 aliphatic carbocycles. The molecule has 37 heavy (non-hydrogen) atoms. The van der Waals surface area contributed by atoms with Crippen molar-refractivity contribution >= 4 is 40.5 Å². The largest absolute Gasteiger partial charge is 0.497 e. The molecule has 3 aromatic carbocycles. The standard InChI is InChI=1S/C28H28FN3O4S/c1-3-16-36-24-12-8-21(9-13-24)30-26(33)17-25-27(34)32(22-10-14-23(35-2)15-11-22)28(37)31(25)18-19-4-6-20(29)7-5-19/h4-15,25H,3,16-18H2,1-2H3,(H,30,33). The van der Waals surface area contributed by atoms with Gasteiger partial charge in [-0.05, 0) is 84.9 Å². The Kier molecular flexibility index (Phi) is 8.35. The van der Waals surface area contributed by atoms with E-state index in [1.54, 1.807) is 72.7 Å². The molecule has 9 heteroatoms. The Morgan fingerprint density at radius 3 is 2.27 bits per heavy atom. The van der Waals surface area contributed by atoms with Gasteiger partial charge in [0.05, 0.1) is 25.8 Å². The second kappa shape index (κ2) is 11.8. The highest BCUT2D eigenvalue weighted by Crippen LogP contribution is 2.30. The molecule has 0 spiro atoms. The van der Waals surface area contributed by atoms with Gasteiger partial charge in [0, 0.05) is 12.2 Å². The molecular weight excluding hydrogens is 493 g/mol. The predicted octanol–water partition coefficient (Wildman–Crippen LogP) is 5.15. The molecule has 0 aromatic heterocycles. The van der Waals surface area contributed by atoms with Crippen LogP contribution in [0.4, 0.5) is 15.8 Å². The average Bonchev–Trinajstić information content (AvgIpc) is 3.13.